The van der Waals surface area contributed by atoms with Crippen molar-refractivity contribution in [3.05, 3.63) is 29.6 Å². The Balaban J connectivity index is 2.18. The van der Waals surface area contributed by atoms with Gasteiger partial charge in [0, 0.05) is 17.1 Å². The average Bonchev–Trinajstić information content (AvgIpc) is 2.95. The Labute approximate surface area is 135 Å². The minimum absolute atomic E-state index is 0.0902. The monoisotopic (exact) mass is 369 g/mol. The highest BCUT2D eigenvalue weighted by atomic mass is 32.1. The third-order valence-corrected chi connectivity index (χ3v) is 3.35. The fourth-order valence-electron chi connectivity index (χ4n) is 1.53. The Hall–Kier alpha value is -2.50. The summed E-state index contributed by atoms with van der Waals surface area (Å²) in [7, 11) is 1.29. The maximum absolute atomic E-state index is 13.1. The number of benzene rings is 1. The molecule has 0 saturated carbocycles. The summed E-state index contributed by atoms with van der Waals surface area (Å²) in [5, 5.41) is 11.0. The molecule has 2 N–H and O–H groups in total. The Morgan fingerprint density at radius 1 is 1.29 bits per heavy atom. The van der Waals surface area contributed by atoms with E-state index in [4.69, 9.17) is 4.74 Å². The molecule has 1 aromatic heterocycles. The topological polar surface area (TPSA) is 84.3 Å². The number of phenolic OH excluding ortho intramolecular Hbond substituents is 1. The molecule has 0 unspecified atom stereocenters. The van der Waals surface area contributed by atoms with Gasteiger partial charge in [-0.25, -0.2) is 0 Å². The molecule has 1 heterocycles. The number of anilines is 1. The van der Waals surface area contributed by atoms with Crippen LogP contribution in [0.15, 0.2) is 18.2 Å². The largest absolute Gasteiger partial charge is 0.504 e. The van der Waals surface area contributed by atoms with Crippen LogP contribution in [0.1, 0.15) is 16.2 Å². The molecule has 6 nitrogen and oxygen atoms in total. The van der Waals surface area contributed by atoms with Gasteiger partial charge in [0.05, 0.1) is 7.11 Å². The van der Waals surface area contributed by atoms with Gasteiger partial charge in [0.15, 0.2) is 11.5 Å². The van der Waals surface area contributed by atoms with Gasteiger partial charge in [-0.15, -0.1) is 0 Å². The van der Waals surface area contributed by atoms with Crippen molar-refractivity contribution in [2.24, 2.45) is 0 Å². The molecule has 2 aromatic rings. The molecule has 0 spiro atoms. The van der Waals surface area contributed by atoms with Gasteiger partial charge in [0.25, 0.3) is 5.91 Å². The van der Waals surface area contributed by atoms with Crippen LogP contribution in [0.25, 0.3) is 0 Å². The number of aromatic nitrogens is 2. The number of rotatable bonds is 4. The van der Waals surface area contributed by atoms with E-state index >= 15 is 0 Å². The van der Waals surface area contributed by atoms with E-state index in [2.05, 4.69) is 9.36 Å². The third kappa shape index (κ3) is 3.37. The third-order valence-electron chi connectivity index (χ3n) is 2.72. The smallest absolute Gasteiger partial charge is 0.461 e. The van der Waals surface area contributed by atoms with Crippen LogP contribution >= 0.6 is 11.5 Å². The van der Waals surface area contributed by atoms with Crippen LogP contribution < -0.4 is 10.1 Å². The van der Waals surface area contributed by atoms with Crippen LogP contribution in [0.4, 0.5) is 27.1 Å². The van der Waals surface area contributed by atoms with Gasteiger partial charge < -0.3 is 9.84 Å². The van der Waals surface area contributed by atoms with Crippen molar-refractivity contribution in [3.8, 4) is 11.5 Å². The fraction of sp³-hybridized carbons (Fsp3) is 0.250. The second kappa shape index (κ2) is 6.19. The molecule has 12 heteroatoms. The van der Waals surface area contributed by atoms with Crippen LogP contribution in [0.2, 0.25) is 0 Å². The summed E-state index contributed by atoms with van der Waals surface area (Å²) >= 11 is 0.167. The molecule has 0 atom stereocenters. The first-order valence-electron chi connectivity index (χ1n) is 6.03. The van der Waals surface area contributed by atoms with E-state index in [1.807, 2.05) is 5.32 Å². The van der Waals surface area contributed by atoms with E-state index in [1.165, 1.54) is 19.2 Å². The molecule has 0 aliphatic carbocycles. The van der Waals surface area contributed by atoms with Crippen molar-refractivity contribution in [3.63, 3.8) is 0 Å². The first kappa shape index (κ1) is 17.8. The van der Waals surface area contributed by atoms with Crippen molar-refractivity contribution in [1.82, 2.24) is 9.36 Å². The number of aromatic hydroxyl groups is 1. The lowest BCUT2D eigenvalue weighted by atomic mass is 10.2. The molecule has 0 bridgehead atoms. The van der Waals surface area contributed by atoms with Gasteiger partial charge in [-0.05, 0) is 18.2 Å². The van der Waals surface area contributed by atoms with Gasteiger partial charge in [-0.2, -0.15) is 31.3 Å². The van der Waals surface area contributed by atoms with Crippen molar-refractivity contribution >= 4 is 22.6 Å². The highest BCUT2D eigenvalue weighted by Crippen LogP contribution is 2.43. The lowest BCUT2D eigenvalue weighted by Gasteiger charge is -2.15. The number of carbonyl (C=O) groups excluding carboxylic acids is 1. The second-order valence-electron chi connectivity index (χ2n) is 4.34. The van der Waals surface area contributed by atoms with Crippen LogP contribution in [0.3, 0.4) is 0 Å². The zero-order valence-corrected chi connectivity index (χ0v) is 12.5. The average molecular weight is 369 g/mol. The van der Waals surface area contributed by atoms with E-state index in [-0.39, 0.29) is 28.6 Å². The molecular weight excluding hydrogens is 361 g/mol. The lowest BCUT2D eigenvalue weighted by Crippen LogP contribution is -2.34. The van der Waals surface area contributed by atoms with E-state index in [1.54, 1.807) is 0 Å². The van der Waals surface area contributed by atoms with Crippen molar-refractivity contribution in [1.29, 1.82) is 0 Å². The SMILES string of the molecule is COc1ccc(C(=O)Nc2nc(C(F)(F)C(F)(F)F)ns2)cc1O. The molecule has 0 saturated heterocycles. The quantitative estimate of drug-likeness (QED) is 0.809. The number of nitrogens with one attached hydrogen (secondary N) is 1. The summed E-state index contributed by atoms with van der Waals surface area (Å²) in [5.41, 5.74) is -0.0902. The number of alkyl halides is 5. The number of phenols is 1. The van der Waals surface area contributed by atoms with Gasteiger partial charge in [0.2, 0.25) is 11.0 Å². The van der Waals surface area contributed by atoms with Gasteiger partial charge in [0.1, 0.15) is 0 Å². The van der Waals surface area contributed by atoms with Gasteiger partial charge in [-0.3, -0.25) is 10.1 Å². The summed E-state index contributed by atoms with van der Waals surface area (Å²) in [5.74, 6) is -8.13. The summed E-state index contributed by atoms with van der Waals surface area (Å²) in [6.07, 6.45) is -5.85. The number of carbonyl (C=O) groups is 1. The van der Waals surface area contributed by atoms with Crippen LogP contribution in [-0.4, -0.2) is 33.7 Å². The molecule has 0 aliphatic rings. The predicted octanol–water partition coefficient (Wildman–Crippen LogP) is 3.16. The second-order valence-corrected chi connectivity index (χ2v) is 5.09. The maximum atomic E-state index is 13.1. The summed E-state index contributed by atoms with van der Waals surface area (Å²) in [4.78, 5) is 14.9. The molecule has 2 rings (SSSR count). The Kier molecular flexibility index (Phi) is 4.60. The molecule has 24 heavy (non-hydrogen) atoms. The van der Waals surface area contributed by atoms with Crippen molar-refractivity contribution < 1.29 is 36.6 Å². The first-order valence-corrected chi connectivity index (χ1v) is 6.80. The molecule has 0 fully saturated rings. The number of hydrogen-bond acceptors (Lipinski definition) is 6. The predicted molar refractivity (Wildman–Crippen MR) is 72.5 cm³/mol. The number of nitrogens with zero attached hydrogens (tertiary/aromatic N) is 2. The zero-order chi connectivity index (χ0) is 18.1. The number of halogens is 5. The van der Waals surface area contributed by atoms with E-state index in [9.17, 15) is 31.9 Å². The first-order chi connectivity index (χ1) is 11.1. The standard InChI is InChI=1S/C12H8F5N3O3S/c1-23-7-3-2-5(4-6(7)21)8(22)18-10-19-9(20-24-10)11(13,14)12(15,16)17/h2-4,21H,1H3,(H,18,19,20,22). The summed E-state index contributed by atoms with van der Waals surface area (Å²) in [6, 6.07) is 3.55. The molecule has 0 radical (unpaired) electrons. The van der Waals surface area contributed by atoms with Crippen molar-refractivity contribution in [2.75, 3.05) is 12.4 Å². The zero-order valence-electron chi connectivity index (χ0n) is 11.7. The van der Waals surface area contributed by atoms with Gasteiger partial charge in [-0.1, -0.05) is 0 Å². The highest BCUT2D eigenvalue weighted by molar-refractivity contribution is 7.09. The van der Waals surface area contributed by atoms with Gasteiger partial charge >= 0.3 is 12.1 Å². The fourth-order valence-corrected chi connectivity index (χ4v) is 2.12. The molecule has 1 aromatic carbocycles. The maximum Gasteiger partial charge on any atom is 0.461 e. The van der Waals surface area contributed by atoms with Crippen LogP contribution in [-0.2, 0) is 5.92 Å². The van der Waals surface area contributed by atoms with E-state index in [0.717, 1.165) is 6.07 Å². The number of ether oxygens (including phenoxy) is 1. The van der Waals surface area contributed by atoms with Crippen LogP contribution in [0.5, 0.6) is 11.5 Å². The Bertz CT molecular complexity index is 763. The molecular formula is C12H8F5N3O3S. The van der Waals surface area contributed by atoms with Crippen LogP contribution in [0, 0.1) is 0 Å². The molecule has 0 aliphatic heterocycles. The highest BCUT2D eigenvalue weighted by Gasteiger charge is 2.61. The summed E-state index contributed by atoms with van der Waals surface area (Å²) in [6.45, 7) is 0. The molecule has 1 amide bonds. The number of methoxy groups -OCH3 is 1. The Morgan fingerprint density at radius 3 is 2.50 bits per heavy atom. The number of amides is 1. The minimum atomic E-state index is -5.85. The van der Waals surface area contributed by atoms with E-state index in [0.29, 0.717) is 0 Å². The lowest BCUT2D eigenvalue weighted by molar-refractivity contribution is -0.292. The summed E-state index contributed by atoms with van der Waals surface area (Å²) < 4.78 is 70.5. The van der Waals surface area contributed by atoms with Crippen molar-refractivity contribution in [2.45, 2.75) is 12.1 Å². The number of hydrogen-bond donors (Lipinski definition) is 2. The normalized spacial score (nSPS) is 12.1. The van der Waals surface area contributed by atoms with E-state index < -0.39 is 29.0 Å². The Morgan fingerprint density at radius 2 is 1.96 bits per heavy atom. The minimum Gasteiger partial charge on any atom is -0.504 e. The molecule has 130 valence electrons.